The van der Waals surface area contributed by atoms with E-state index in [-0.39, 0.29) is 16.8 Å². The van der Waals surface area contributed by atoms with E-state index in [1.54, 1.807) is 0 Å². The minimum atomic E-state index is -1.15. The van der Waals surface area contributed by atoms with Crippen LogP contribution in [0.2, 0.25) is 0 Å². The highest BCUT2D eigenvalue weighted by molar-refractivity contribution is 5.89. The Morgan fingerprint density at radius 3 is 2.67 bits per heavy atom. The van der Waals surface area contributed by atoms with Crippen molar-refractivity contribution in [2.75, 3.05) is 5.73 Å². The molecule has 4 heteroatoms. The lowest BCUT2D eigenvalue weighted by atomic mass is 10.1. The summed E-state index contributed by atoms with van der Waals surface area (Å²) in [6, 6.07) is 2.53. The van der Waals surface area contributed by atoms with Gasteiger partial charge < -0.3 is 10.8 Å². The smallest absolute Gasteiger partial charge is 0.336 e. The third kappa shape index (κ3) is 1.23. The standard InChI is InChI=1S/C8H8FNO2/c1-4-5(8(11)12)2-3-6(10)7(4)9/h2-3H,10H2,1H3,(H,11,12). The predicted octanol–water partition coefficient (Wildman–Crippen LogP) is 1.41. The van der Waals surface area contributed by atoms with E-state index >= 15 is 0 Å². The zero-order valence-electron chi connectivity index (χ0n) is 6.47. The summed E-state index contributed by atoms with van der Waals surface area (Å²) < 4.78 is 13.0. The van der Waals surface area contributed by atoms with Gasteiger partial charge >= 0.3 is 5.97 Å². The van der Waals surface area contributed by atoms with Crippen LogP contribution >= 0.6 is 0 Å². The number of hydrogen-bond acceptors (Lipinski definition) is 2. The Balaban J connectivity index is 3.36. The first-order valence-corrected chi connectivity index (χ1v) is 3.32. The SMILES string of the molecule is Cc1c(C(=O)O)ccc(N)c1F. The van der Waals surface area contributed by atoms with Gasteiger partial charge in [-0.25, -0.2) is 9.18 Å². The van der Waals surface area contributed by atoms with Crippen molar-refractivity contribution >= 4 is 11.7 Å². The summed E-state index contributed by atoms with van der Waals surface area (Å²) in [4.78, 5) is 10.5. The molecular formula is C8H8FNO2. The molecule has 0 radical (unpaired) electrons. The first-order valence-electron chi connectivity index (χ1n) is 3.32. The monoisotopic (exact) mass is 169 g/mol. The van der Waals surface area contributed by atoms with Crippen molar-refractivity contribution in [3.8, 4) is 0 Å². The summed E-state index contributed by atoms with van der Waals surface area (Å²) in [6.45, 7) is 1.38. The van der Waals surface area contributed by atoms with Gasteiger partial charge in [-0.15, -0.1) is 0 Å². The maximum atomic E-state index is 13.0. The van der Waals surface area contributed by atoms with Crippen LogP contribution < -0.4 is 5.73 Å². The fourth-order valence-electron chi connectivity index (χ4n) is 0.938. The molecule has 0 spiro atoms. The molecule has 0 aliphatic rings. The van der Waals surface area contributed by atoms with Crippen molar-refractivity contribution in [2.45, 2.75) is 6.92 Å². The zero-order chi connectivity index (χ0) is 9.30. The topological polar surface area (TPSA) is 63.3 Å². The van der Waals surface area contributed by atoms with E-state index in [4.69, 9.17) is 10.8 Å². The van der Waals surface area contributed by atoms with E-state index in [1.807, 2.05) is 0 Å². The normalized spacial score (nSPS) is 9.83. The third-order valence-corrected chi connectivity index (χ3v) is 1.65. The molecule has 0 saturated carbocycles. The molecule has 0 amide bonds. The lowest BCUT2D eigenvalue weighted by Crippen LogP contribution is -2.03. The number of hydrogen-bond donors (Lipinski definition) is 2. The highest BCUT2D eigenvalue weighted by atomic mass is 19.1. The largest absolute Gasteiger partial charge is 0.478 e. The number of carboxylic acid groups (broad SMARTS) is 1. The average molecular weight is 169 g/mol. The second kappa shape index (κ2) is 2.81. The van der Waals surface area contributed by atoms with Gasteiger partial charge in [-0.2, -0.15) is 0 Å². The number of nitrogen functional groups attached to an aromatic ring is 1. The predicted molar refractivity (Wildman–Crippen MR) is 42.5 cm³/mol. The zero-order valence-corrected chi connectivity index (χ0v) is 6.47. The molecule has 0 heterocycles. The number of nitrogens with two attached hydrogens (primary N) is 1. The molecule has 0 aliphatic heterocycles. The number of anilines is 1. The lowest BCUT2D eigenvalue weighted by molar-refractivity contribution is 0.0695. The van der Waals surface area contributed by atoms with Crippen molar-refractivity contribution in [3.05, 3.63) is 29.1 Å². The van der Waals surface area contributed by atoms with Gasteiger partial charge in [0, 0.05) is 5.56 Å². The molecule has 1 aromatic carbocycles. The van der Waals surface area contributed by atoms with E-state index < -0.39 is 11.8 Å². The summed E-state index contributed by atoms with van der Waals surface area (Å²) in [5.41, 5.74) is 5.21. The summed E-state index contributed by atoms with van der Waals surface area (Å²) in [5.74, 6) is -1.80. The van der Waals surface area contributed by atoms with E-state index in [9.17, 15) is 9.18 Å². The second-order valence-electron chi connectivity index (χ2n) is 2.45. The second-order valence-corrected chi connectivity index (χ2v) is 2.45. The van der Waals surface area contributed by atoms with Crippen LogP contribution in [0.5, 0.6) is 0 Å². The highest BCUT2D eigenvalue weighted by Crippen LogP contribution is 2.18. The molecule has 3 N–H and O–H groups in total. The van der Waals surface area contributed by atoms with Gasteiger partial charge in [0.15, 0.2) is 0 Å². The number of carboxylic acids is 1. The Kier molecular flexibility index (Phi) is 1.99. The van der Waals surface area contributed by atoms with Crippen LogP contribution in [0.4, 0.5) is 10.1 Å². The lowest BCUT2D eigenvalue weighted by Gasteiger charge is -2.03. The van der Waals surface area contributed by atoms with Crippen molar-refractivity contribution in [3.63, 3.8) is 0 Å². The van der Waals surface area contributed by atoms with Crippen LogP contribution in [0.15, 0.2) is 12.1 Å². The maximum absolute atomic E-state index is 13.0. The molecule has 64 valence electrons. The van der Waals surface area contributed by atoms with Gasteiger partial charge in [-0.05, 0) is 19.1 Å². The summed E-state index contributed by atoms with van der Waals surface area (Å²) >= 11 is 0. The molecule has 3 nitrogen and oxygen atoms in total. The molecule has 1 rings (SSSR count). The summed E-state index contributed by atoms with van der Waals surface area (Å²) in [6.07, 6.45) is 0. The number of benzene rings is 1. The first kappa shape index (κ1) is 8.52. The van der Waals surface area contributed by atoms with E-state index in [1.165, 1.54) is 19.1 Å². The molecule has 0 unspecified atom stereocenters. The average Bonchev–Trinajstić information content (AvgIpc) is 2.00. The summed E-state index contributed by atoms with van der Waals surface area (Å²) in [5, 5.41) is 8.57. The Labute approximate surface area is 68.6 Å². The van der Waals surface area contributed by atoms with Crippen molar-refractivity contribution in [2.24, 2.45) is 0 Å². The Morgan fingerprint density at radius 2 is 2.17 bits per heavy atom. The van der Waals surface area contributed by atoms with Gasteiger partial charge in [0.25, 0.3) is 0 Å². The van der Waals surface area contributed by atoms with E-state index in [2.05, 4.69) is 0 Å². The molecule has 0 fully saturated rings. The van der Waals surface area contributed by atoms with Crippen LogP contribution in [0, 0.1) is 12.7 Å². The quantitative estimate of drug-likeness (QED) is 0.625. The van der Waals surface area contributed by atoms with E-state index in [0.717, 1.165) is 0 Å². The molecule has 1 aromatic rings. The molecule has 0 bridgehead atoms. The van der Waals surface area contributed by atoms with Crippen LogP contribution in [0.1, 0.15) is 15.9 Å². The fraction of sp³-hybridized carbons (Fsp3) is 0.125. The van der Waals surface area contributed by atoms with Crippen molar-refractivity contribution in [1.29, 1.82) is 0 Å². The van der Waals surface area contributed by atoms with Gasteiger partial charge in [0.2, 0.25) is 0 Å². The fourth-order valence-corrected chi connectivity index (χ4v) is 0.938. The van der Waals surface area contributed by atoms with Gasteiger partial charge in [0.1, 0.15) is 5.82 Å². The minimum Gasteiger partial charge on any atom is -0.478 e. The summed E-state index contributed by atoms with van der Waals surface area (Å²) in [7, 11) is 0. The van der Waals surface area contributed by atoms with Crippen LogP contribution in [0.3, 0.4) is 0 Å². The van der Waals surface area contributed by atoms with Crippen molar-refractivity contribution in [1.82, 2.24) is 0 Å². The Bertz CT molecular complexity index is 336. The minimum absolute atomic E-state index is 0.0301. The van der Waals surface area contributed by atoms with Crippen LogP contribution in [0.25, 0.3) is 0 Å². The number of rotatable bonds is 1. The molecule has 0 saturated heterocycles. The van der Waals surface area contributed by atoms with Crippen LogP contribution in [-0.4, -0.2) is 11.1 Å². The maximum Gasteiger partial charge on any atom is 0.336 e. The van der Waals surface area contributed by atoms with Gasteiger partial charge in [-0.3, -0.25) is 0 Å². The number of aromatic carboxylic acids is 1. The number of halogens is 1. The molecule has 12 heavy (non-hydrogen) atoms. The highest BCUT2D eigenvalue weighted by Gasteiger charge is 2.12. The van der Waals surface area contributed by atoms with Crippen molar-refractivity contribution < 1.29 is 14.3 Å². The molecule has 0 atom stereocenters. The molecule has 0 aromatic heterocycles. The Hall–Kier alpha value is -1.58. The van der Waals surface area contributed by atoms with Gasteiger partial charge in [0.05, 0.1) is 11.3 Å². The molecule has 0 aliphatic carbocycles. The number of carbonyl (C=O) groups is 1. The molecular weight excluding hydrogens is 161 g/mol. The van der Waals surface area contributed by atoms with Gasteiger partial charge in [-0.1, -0.05) is 0 Å². The Morgan fingerprint density at radius 1 is 1.58 bits per heavy atom. The first-order chi connectivity index (χ1) is 5.54. The van der Waals surface area contributed by atoms with E-state index in [0.29, 0.717) is 0 Å². The third-order valence-electron chi connectivity index (χ3n) is 1.65. The van der Waals surface area contributed by atoms with Crippen LogP contribution in [-0.2, 0) is 0 Å².